The number of fused-ring (bicyclic) bond motifs is 1. The maximum absolute atomic E-state index is 12.5. The number of hydrogen-bond donors (Lipinski definition) is 2. The molecule has 0 radical (unpaired) electrons. The van der Waals surface area contributed by atoms with Crippen LogP contribution in [0.5, 0.6) is 0 Å². The quantitative estimate of drug-likeness (QED) is 0.451. The minimum Gasteiger partial charge on any atom is -0.344 e. The monoisotopic (exact) mass is 363 g/mol. The first kappa shape index (κ1) is 18.6. The fourth-order valence-corrected chi connectivity index (χ4v) is 4.10. The van der Waals surface area contributed by atoms with Crippen LogP contribution in [0.15, 0.2) is 9.95 Å². The fraction of sp³-hybridized carbons (Fsp3) is 0.471. The summed E-state index contributed by atoms with van der Waals surface area (Å²) in [6.07, 6.45) is 7.05. The highest BCUT2D eigenvalue weighted by atomic mass is 32.2. The van der Waals surface area contributed by atoms with Crippen molar-refractivity contribution in [3.8, 4) is 12.3 Å². The number of rotatable bonds is 7. The second-order valence-electron chi connectivity index (χ2n) is 5.68. The molecule has 2 aromatic rings. The van der Waals surface area contributed by atoms with Gasteiger partial charge in [0.2, 0.25) is 5.91 Å². The van der Waals surface area contributed by atoms with E-state index in [4.69, 9.17) is 6.42 Å². The molecule has 0 aliphatic heterocycles. The Labute approximate surface area is 149 Å². The van der Waals surface area contributed by atoms with E-state index >= 15 is 0 Å². The number of H-pyrrole nitrogens is 1. The minimum atomic E-state index is -0.180. The van der Waals surface area contributed by atoms with Crippen LogP contribution in [-0.2, 0) is 11.2 Å². The molecule has 2 rings (SSSR count). The molecule has 1 amide bonds. The molecule has 7 heteroatoms. The number of hydrogen-bond acceptors (Lipinski definition) is 5. The maximum Gasteiger partial charge on any atom is 0.260 e. The average molecular weight is 364 g/mol. The number of nitrogens with zero attached hydrogens (tertiary/aromatic N) is 1. The zero-order chi connectivity index (χ0) is 17.7. The van der Waals surface area contributed by atoms with Gasteiger partial charge in [-0.15, -0.1) is 17.8 Å². The highest BCUT2D eigenvalue weighted by molar-refractivity contribution is 7.99. The molecule has 2 N–H and O–H groups in total. The highest BCUT2D eigenvalue weighted by Crippen LogP contribution is 2.30. The maximum atomic E-state index is 12.5. The molecule has 0 bridgehead atoms. The summed E-state index contributed by atoms with van der Waals surface area (Å²) in [7, 11) is 0. The van der Waals surface area contributed by atoms with Crippen LogP contribution in [0.3, 0.4) is 0 Å². The number of thioether (sulfide) groups is 1. The Morgan fingerprint density at radius 1 is 1.54 bits per heavy atom. The van der Waals surface area contributed by atoms with Crippen molar-refractivity contribution in [2.45, 2.75) is 38.8 Å². The van der Waals surface area contributed by atoms with Gasteiger partial charge in [-0.05, 0) is 24.8 Å². The van der Waals surface area contributed by atoms with Crippen molar-refractivity contribution in [2.75, 3.05) is 12.3 Å². The topological polar surface area (TPSA) is 74.8 Å². The molecule has 0 unspecified atom stereocenters. The summed E-state index contributed by atoms with van der Waals surface area (Å²) in [4.78, 5) is 33.3. The van der Waals surface area contributed by atoms with E-state index in [-0.39, 0.29) is 23.8 Å². The molecule has 2 aromatic heterocycles. The van der Waals surface area contributed by atoms with Gasteiger partial charge < -0.3 is 10.3 Å². The molecule has 2 heterocycles. The molecule has 0 spiro atoms. The Morgan fingerprint density at radius 2 is 2.29 bits per heavy atom. The van der Waals surface area contributed by atoms with Crippen molar-refractivity contribution in [1.82, 2.24) is 15.3 Å². The van der Waals surface area contributed by atoms with Gasteiger partial charge in [-0.3, -0.25) is 9.59 Å². The van der Waals surface area contributed by atoms with Crippen molar-refractivity contribution in [1.29, 1.82) is 0 Å². The number of aromatic amines is 1. The molecule has 24 heavy (non-hydrogen) atoms. The Bertz CT molecular complexity index is 833. The van der Waals surface area contributed by atoms with Gasteiger partial charge in [0, 0.05) is 4.88 Å². The van der Waals surface area contributed by atoms with Crippen LogP contribution < -0.4 is 10.9 Å². The van der Waals surface area contributed by atoms with E-state index in [1.54, 1.807) is 0 Å². The first-order valence-electron chi connectivity index (χ1n) is 7.81. The number of nitrogens with one attached hydrogen (secondary N) is 2. The summed E-state index contributed by atoms with van der Waals surface area (Å²) < 4.78 is 0. The van der Waals surface area contributed by atoms with Crippen LogP contribution in [0.4, 0.5) is 0 Å². The third-order valence-electron chi connectivity index (χ3n) is 3.82. The van der Waals surface area contributed by atoms with Crippen molar-refractivity contribution < 1.29 is 4.79 Å². The summed E-state index contributed by atoms with van der Waals surface area (Å²) in [6, 6.07) is 0. The van der Waals surface area contributed by atoms with Crippen molar-refractivity contribution >= 4 is 39.2 Å². The standard InChI is InChI=1S/C17H21N3O2S2/c1-5-7-18-13(21)9-23-17-19-15(22)14-12(8-10(3)6-2)11(4)24-16(14)20-17/h1,10H,6-9H2,2-4H3,(H,18,21)(H,19,20,22)/t10-/m1/s1. The van der Waals surface area contributed by atoms with Gasteiger partial charge in [0.05, 0.1) is 17.7 Å². The van der Waals surface area contributed by atoms with E-state index in [0.29, 0.717) is 16.5 Å². The number of thiophene rings is 1. The lowest BCUT2D eigenvalue weighted by atomic mass is 9.98. The van der Waals surface area contributed by atoms with Crippen LogP contribution >= 0.6 is 23.1 Å². The normalized spacial score (nSPS) is 12.1. The van der Waals surface area contributed by atoms with E-state index < -0.39 is 0 Å². The number of terminal acetylenes is 1. The fourth-order valence-electron chi connectivity index (χ4n) is 2.30. The summed E-state index contributed by atoms with van der Waals surface area (Å²) >= 11 is 2.74. The van der Waals surface area contributed by atoms with Crippen LogP contribution in [0.1, 0.15) is 30.7 Å². The number of aromatic nitrogens is 2. The number of carbonyl (C=O) groups excluding carboxylic acids is 1. The number of amides is 1. The summed E-state index contributed by atoms with van der Waals surface area (Å²) in [6.45, 7) is 6.57. The largest absolute Gasteiger partial charge is 0.344 e. The van der Waals surface area contributed by atoms with Gasteiger partial charge in [0.15, 0.2) is 5.16 Å². The molecule has 0 saturated heterocycles. The zero-order valence-electron chi connectivity index (χ0n) is 14.1. The molecular formula is C17H21N3O2S2. The number of aryl methyl sites for hydroxylation is 1. The SMILES string of the molecule is C#CCNC(=O)CSc1nc2sc(C)c(C[C@H](C)CC)c2c(=O)[nH]1. The molecule has 0 aliphatic rings. The van der Waals surface area contributed by atoms with E-state index in [1.165, 1.54) is 23.1 Å². The Kier molecular flexibility index (Phi) is 6.46. The van der Waals surface area contributed by atoms with Crippen molar-refractivity contribution in [2.24, 2.45) is 5.92 Å². The Morgan fingerprint density at radius 3 is 2.96 bits per heavy atom. The van der Waals surface area contributed by atoms with E-state index in [1.807, 2.05) is 6.92 Å². The van der Waals surface area contributed by atoms with Crippen LogP contribution in [0.25, 0.3) is 10.2 Å². The first-order chi connectivity index (χ1) is 11.5. The lowest BCUT2D eigenvalue weighted by molar-refractivity contribution is -0.118. The lowest BCUT2D eigenvalue weighted by Crippen LogP contribution is -2.25. The van der Waals surface area contributed by atoms with Crippen LogP contribution in [0.2, 0.25) is 0 Å². The van der Waals surface area contributed by atoms with E-state index in [2.05, 4.69) is 35.1 Å². The van der Waals surface area contributed by atoms with Crippen molar-refractivity contribution in [3.05, 3.63) is 20.8 Å². The van der Waals surface area contributed by atoms with E-state index in [0.717, 1.165) is 28.1 Å². The summed E-state index contributed by atoms with van der Waals surface area (Å²) in [5.41, 5.74) is 0.968. The van der Waals surface area contributed by atoms with Crippen LogP contribution in [-0.4, -0.2) is 28.2 Å². The van der Waals surface area contributed by atoms with E-state index in [9.17, 15) is 9.59 Å². The predicted octanol–water partition coefficient (Wildman–Crippen LogP) is 2.72. The first-order valence-corrected chi connectivity index (χ1v) is 9.61. The highest BCUT2D eigenvalue weighted by Gasteiger charge is 2.17. The zero-order valence-corrected chi connectivity index (χ0v) is 15.7. The number of carbonyl (C=O) groups is 1. The second-order valence-corrected chi connectivity index (χ2v) is 7.84. The minimum absolute atomic E-state index is 0.130. The van der Waals surface area contributed by atoms with Gasteiger partial charge in [-0.25, -0.2) is 4.98 Å². The third kappa shape index (κ3) is 4.40. The van der Waals surface area contributed by atoms with Crippen molar-refractivity contribution in [3.63, 3.8) is 0 Å². The third-order valence-corrected chi connectivity index (χ3v) is 5.73. The molecule has 1 atom stereocenters. The van der Waals surface area contributed by atoms with Gasteiger partial charge in [-0.1, -0.05) is 38.0 Å². The van der Waals surface area contributed by atoms with Gasteiger partial charge >= 0.3 is 0 Å². The molecule has 0 saturated carbocycles. The lowest BCUT2D eigenvalue weighted by Gasteiger charge is -2.08. The molecule has 0 aromatic carbocycles. The molecule has 0 aliphatic carbocycles. The van der Waals surface area contributed by atoms with Gasteiger partial charge in [0.25, 0.3) is 5.56 Å². The molecular weight excluding hydrogens is 342 g/mol. The van der Waals surface area contributed by atoms with Gasteiger partial charge in [0.1, 0.15) is 4.83 Å². The average Bonchev–Trinajstić information content (AvgIpc) is 2.86. The molecule has 128 valence electrons. The second kappa shape index (κ2) is 8.36. The van der Waals surface area contributed by atoms with Gasteiger partial charge in [-0.2, -0.15) is 0 Å². The molecule has 5 nitrogen and oxygen atoms in total. The Balaban J connectivity index is 2.23. The smallest absolute Gasteiger partial charge is 0.260 e. The molecule has 0 fully saturated rings. The summed E-state index contributed by atoms with van der Waals surface area (Å²) in [5.74, 6) is 2.86. The van der Waals surface area contributed by atoms with Crippen LogP contribution in [0, 0.1) is 25.2 Å². The Hall–Kier alpha value is -1.78. The summed E-state index contributed by atoms with van der Waals surface area (Å²) in [5, 5.41) is 3.73. The predicted molar refractivity (Wildman–Crippen MR) is 101 cm³/mol.